The van der Waals surface area contributed by atoms with Crippen LogP contribution in [0.5, 0.6) is 5.75 Å². The number of carboxylic acids is 1. The molecule has 0 aromatic heterocycles. The van der Waals surface area contributed by atoms with E-state index in [0.717, 1.165) is 44.3 Å². The van der Waals surface area contributed by atoms with Crippen molar-refractivity contribution >= 4 is 5.97 Å². The van der Waals surface area contributed by atoms with Gasteiger partial charge in [-0.05, 0) is 69.9 Å². The molecule has 2 heterocycles. The van der Waals surface area contributed by atoms with E-state index in [9.17, 15) is 9.90 Å². The van der Waals surface area contributed by atoms with Crippen LogP contribution in [0.15, 0.2) is 42.5 Å². The lowest BCUT2D eigenvalue weighted by atomic mass is 9.98. The summed E-state index contributed by atoms with van der Waals surface area (Å²) in [5, 5.41) is 19.9. The van der Waals surface area contributed by atoms with Crippen molar-refractivity contribution < 1.29 is 43.4 Å². The molecule has 3 aliphatic rings. The number of aliphatic hydroxyl groups excluding tert-OH is 1. The zero-order chi connectivity index (χ0) is 28.0. The number of hydrogen-bond donors (Lipinski definition) is 2. The first-order valence-electron chi connectivity index (χ1n) is 15.0. The van der Waals surface area contributed by atoms with Gasteiger partial charge in [0.05, 0.1) is 24.9 Å². The van der Waals surface area contributed by atoms with Crippen LogP contribution in [-0.4, -0.2) is 79.6 Å². The Hall–Kier alpha value is -2.01. The lowest BCUT2D eigenvalue weighted by Gasteiger charge is -2.32. The number of allylic oxidation sites excluding steroid dienone is 2. The van der Waals surface area contributed by atoms with Crippen molar-refractivity contribution in [2.24, 2.45) is 5.92 Å². The molecule has 2 N–H and O–H groups in total. The van der Waals surface area contributed by atoms with Gasteiger partial charge in [0.25, 0.3) is 0 Å². The van der Waals surface area contributed by atoms with E-state index < -0.39 is 12.1 Å². The smallest absolute Gasteiger partial charge is 0.303 e. The Morgan fingerprint density at radius 1 is 1.00 bits per heavy atom. The van der Waals surface area contributed by atoms with Crippen molar-refractivity contribution in [1.82, 2.24) is 0 Å². The van der Waals surface area contributed by atoms with Gasteiger partial charge >= 0.3 is 5.97 Å². The van der Waals surface area contributed by atoms with Crippen molar-refractivity contribution in [2.45, 2.75) is 108 Å². The van der Waals surface area contributed by atoms with Crippen molar-refractivity contribution in [1.29, 1.82) is 0 Å². The largest absolute Gasteiger partial charge is 0.491 e. The summed E-state index contributed by atoms with van der Waals surface area (Å²) < 4.78 is 36.9. The maximum Gasteiger partial charge on any atom is 0.303 e. The number of rotatable bonds is 16. The van der Waals surface area contributed by atoms with E-state index in [-0.39, 0.29) is 49.8 Å². The molecule has 2 aliphatic heterocycles. The Morgan fingerprint density at radius 2 is 1.75 bits per heavy atom. The van der Waals surface area contributed by atoms with Crippen LogP contribution in [-0.2, 0) is 28.5 Å². The topological polar surface area (TPSA) is 113 Å². The Balaban J connectivity index is 1.39. The summed E-state index contributed by atoms with van der Waals surface area (Å²) in [7, 11) is 0. The molecule has 40 heavy (non-hydrogen) atoms. The van der Waals surface area contributed by atoms with E-state index in [1.54, 1.807) is 0 Å². The molecule has 0 bridgehead atoms. The molecule has 7 atom stereocenters. The van der Waals surface area contributed by atoms with Gasteiger partial charge in [-0.25, -0.2) is 0 Å². The van der Waals surface area contributed by atoms with Gasteiger partial charge in [-0.1, -0.05) is 30.4 Å². The molecule has 9 heteroatoms. The predicted molar refractivity (Wildman–Crippen MR) is 148 cm³/mol. The third kappa shape index (κ3) is 10.4. The van der Waals surface area contributed by atoms with Crippen molar-refractivity contribution in [2.75, 3.05) is 26.4 Å². The SMILES string of the molecule is O=C(O)CCC/C=C/CC1C(O)CC(OC2CCCCO2)C1OCC(COc1ccccc1)OC1CCCCO1. The highest BCUT2D eigenvalue weighted by molar-refractivity contribution is 5.66. The number of unbranched alkanes of at least 4 members (excludes halogenated alkanes) is 1. The van der Waals surface area contributed by atoms with Crippen LogP contribution >= 0.6 is 0 Å². The molecule has 1 aromatic rings. The highest BCUT2D eigenvalue weighted by atomic mass is 16.7. The number of ether oxygens (including phenoxy) is 6. The molecular formula is C31H46O9. The molecule has 2 saturated heterocycles. The molecule has 0 amide bonds. The molecule has 9 nitrogen and oxygen atoms in total. The zero-order valence-corrected chi connectivity index (χ0v) is 23.4. The van der Waals surface area contributed by atoms with Gasteiger partial charge in [-0.3, -0.25) is 4.79 Å². The lowest BCUT2D eigenvalue weighted by molar-refractivity contribution is -0.226. The summed E-state index contributed by atoms with van der Waals surface area (Å²) in [5.41, 5.74) is 0. The summed E-state index contributed by atoms with van der Waals surface area (Å²) in [4.78, 5) is 10.8. The van der Waals surface area contributed by atoms with E-state index in [1.165, 1.54) is 0 Å². The third-order valence-corrected chi connectivity index (χ3v) is 7.69. The second-order valence-electron chi connectivity index (χ2n) is 10.9. The first-order chi connectivity index (χ1) is 19.6. The number of aliphatic hydroxyl groups is 1. The van der Waals surface area contributed by atoms with Crippen molar-refractivity contribution in [3.8, 4) is 5.75 Å². The number of benzene rings is 1. The zero-order valence-electron chi connectivity index (χ0n) is 23.4. The fourth-order valence-electron chi connectivity index (χ4n) is 5.54. The number of carboxylic acid groups (broad SMARTS) is 1. The molecular weight excluding hydrogens is 516 g/mol. The average Bonchev–Trinajstić information content (AvgIpc) is 3.26. The normalized spacial score (nSPS) is 29.9. The van der Waals surface area contributed by atoms with Crippen LogP contribution in [0.3, 0.4) is 0 Å². The number of hydrogen-bond acceptors (Lipinski definition) is 8. The summed E-state index contributed by atoms with van der Waals surface area (Å²) in [6, 6.07) is 9.63. The second kappa shape index (κ2) is 17.1. The van der Waals surface area contributed by atoms with Gasteiger partial charge in [-0.2, -0.15) is 0 Å². The Bertz CT molecular complexity index is 867. The highest BCUT2D eigenvalue weighted by Crippen LogP contribution is 2.36. The summed E-state index contributed by atoms with van der Waals surface area (Å²) in [6.07, 6.45) is 10.2. The van der Waals surface area contributed by atoms with E-state index in [1.807, 2.05) is 42.5 Å². The molecule has 224 valence electrons. The summed E-state index contributed by atoms with van der Waals surface area (Å²) in [5.74, 6) is -0.186. The van der Waals surface area contributed by atoms with Crippen LogP contribution in [0.25, 0.3) is 0 Å². The van der Waals surface area contributed by atoms with Gasteiger partial charge in [0, 0.05) is 32.0 Å². The monoisotopic (exact) mass is 562 g/mol. The maximum atomic E-state index is 11.0. The lowest BCUT2D eigenvalue weighted by Crippen LogP contribution is -2.40. The van der Waals surface area contributed by atoms with Crippen LogP contribution in [0.4, 0.5) is 0 Å². The van der Waals surface area contributed by atoms with Crippen LogP contribution < -0.4 is 4.74 Å². The molecule has 0 radical (unpaired) electrons. The van der Waals surface area contributed by atoms with Crippen LogP contribution in [0.2, 0.25) is 0 Å². The minimum Gasteiger partial charge on any atom is -0.491 e. The van der Waals surface area contributed by atoms with E-state index in [4.69, 9.17) is 33.5 Å². The molecule has 7 unspecified atom stereocenters. The minimum absolute atomic E-state index is 0.149. The van der Waals surface area contributed by atoms with Gasteiger partial charge in [0.1, 0.15) is 18.5 Å². The van der Waals surface area contributed by atoms with Crippen molar-refractivity contribution in [3.05, 3.63) is 42.5 Å². The number of para-hydroxylation sites is 1. The first-order valence-corrected chi connectivity index (χ1v) is 15.0. The van der Waals surface area contributed by atoms with Gasteiger partial charge in [-0.15, -0.1) is 0 Å². The van der Waals surface area contributed by atoms with Gasteiger partial charge in [0.2, 0.25) is 0 Å². The summed E-state index contributed by atoms with van der Waals surface area (Å²) >= 11 is 0. The van der Waals surface area contributed by atoms with Crippen LogP contribution in [0, 0.1) is 5.92 Å². The Labute approximate surface area is 237 Å². The predicted octanol–water partition coefficient (Wildman–Crippen LogP) is 4.86. The van der Waals surface area contributed by atoms with E-state index in [0.29, 0.717) is 45.5 Å². The highest BCUT2D eigenvalue weighted by Gasteiger charge is 2.45. The third-order valence-electron chi connectivity index (χ3n) is 7.69. The second-order valence-corrected chi connectivity index (χ2v) is 10.9. The maximum absolute atomic E-state index is 11.0. The Kier molecular flexibility index (Phi) is 13.2. The van der Waals surface area contributed by atoms with E-state index >= 15 is 0 Å². The summed E-state index contributed by atoms with van der Waals surface area (Å²) in [6.45, 7) is 1.95. The quantitative estimate of drug-likeness (QED) is 0.215. The molecule has 3 fully saturated rings. The molecule has 0 spiro atoms. The van der Waals surface area contributed by atoms with Crippen LogP contribution in [0.1, 0.15) is 70.6 Å². The fourth-order valence-corrected chi connectivity index (χ4v) is 5.54. The van der Waals surface area contributed by atoms with Crippen molar-refractivity contribution in [3.63, 3.8) is 0 Å². The molecule has 1 aromatic carbocycles. The molecule has 4 rings (SSSR count). The van der Waals surface area contributed by atoms with Gasteiger partial charge < -0.3 is 38.6 Å². The van der Waals surface area contributed by atoms with Gasteiger partial charge in [0.15, 0.2) is 12.6 Å². The average molecular weight is 563 g/mol. The molecule has 1 saturated carbocycles. The van der Waals surface area contributed by atoms with E-state index in [2.05, 4.69) is 0 Å². The fraction of sp³-hybridized carbons (Fsp3) is 0.710. The Morgan fingerprint density at radius 3 is 2.45 bits per heavy atom. The number of carbonyl (C=O) groups is 1. The molecule has 1 aliphatic carbocycles. The minimum atomic E-state index is -0.787. The standard InChI is InChI=1S/C31H46O9/c32-26-20-27(40-30-17-9-11-19-36-30)31(25(26)14-6-1-2-7-15-28(33)34)38-22-24(39-29-16-8-10-18-35-29)21-37-23-12-4-3-5-13-23/h1,3-6,12-13,24-27,29-32H,2,7-11,14-22H2,(H,33,34)/b6-1+. The first kappa shape index (κ1) is 30.9. The number of aliphatic carboxylic acids is 1.